The highest BCUT2D eigenvalue weighted by atomic mass is 127. The van der Waals surface area contributed by atoms with Crippen molar-refractivity contribution in [1.29, 1.82) is 0 Å². The molecule has 7 nitrogen and oxygen atoms in total. The van der Waals surface area contributed by atoms with Crippen LogP contribution in [0.25, 0.3) is 0 Å². The maximum atomic E-state index is 11.6. The Bertz CT molecular complexity index is 660. The van der Waals surface area contributed by atoms with Gasteiger partial charge in [0.2, 0.25) is 11.8 Å². The van der Waals surface area contributed by atoms with Crippen LogP contribution in [0.4, 0.5) is 0 Å². The van der Waals surface area contributed by atoms with Crippen LogP contribution in [-0.4, -0.2) is 61.6 Å². The number of amides is 1. The molecule has 3 heterocycles. The number of carbonyl (C=O) groups is 1. The Morgan fingerprint density at radius 3 is 3.12 bits per heavy atom. The number of ether oxygens (including phenoxy) is 1. The fourth-order valence-electron chi connectivity index (χ4n) is 3.55. The number of piperidine rings is 1. The van der Waals surface area contributed by atoms with E-state index in [1.54, 1.807) is 25.4 Å². The normalized spacial score (nSPS) is 22.8. The van der Waals surface area contributed by atoms with Crippen molar-refractivity contribution < 1.29 is 9.53 Å². The van der Waals surface area contributed by atoms with E-state index >= 15 is 0 Å². The maximum Gasteiger partial charge on any atom is 0.232 e. The van der Waals surface area contributed by atoms with Crippen LogP contribution in [0.5, 0.6) is 5.88 Å². The number of nitrogens with zero attached hydrogens (tertiary/aromatic N) is 3. The first kappa shape index (κ1) is 21.0. The first-order valence-corrected chi connectivity index (χ1v) is 8.95. The number of nitrogens with one attached hydrogen (secondary N) is 2. The van der Waals surface area contributed by atoms with Crippen LogP contribution in [0.15, 0.2) is 23.3 Å². The molecule has 2 N–H and O–H groups in total. The monoisotopic (exact) mass is 493 g/mol. The van der Waals surface area contributed by atoms with E-state index in [-0.39, 0.29) is 35.3 Å². The predicted octanol–water partition coefficient (Wildman–Crippen LogP) is 1.91. The van der Waals surface area contributed by atoms with Gasteiger partial charge in [-0.1, -0.05) is 11.6 Å². The largest absolute Gasteiger partial charge is 0.475 e. The topological polar surface area (TPSA) is 78.9 Å². The molecule has 2 saturated heterocycles. The lowest BCUT2D eigenvalue weighted by molar-refractivity contribution is -0.119. The Morgan fingerprint density at radius 2 is 2.42 bits per heavy atom. The van der Waals surface area contributed by atoms with E-state index in [2.05, 4.69) is 25.5 Å². The number of pyridine rings is 1. The minimum Gasteiger partial charge on any atom is -0.475 e. The Morgan fingerprint density at radius 1 is 1.58 bits per heavy atom. The van der Waals surface area contributed by atoms with Gasteiger partial charge in [-0.05, 0) is 25.0 Å². The zero-order chi connectivity index (χ0) is 17.7. The van der Waals surface area contributed by atoms with Crippen LogP contribution < -0.4 is 15.4 Å². The summed E-state index contributed by atoms with van der Waals surface area (Å²) in [4.78, 5) is 22.3. The van der Waals surface area contributed by atoms with E-state index in [0.717, 1.165) is 38.4 Å². The van der Waals surface area contributed by atoms with Crippen molar-refractivity contribution in [3.63, 3.8) is 0 Å². The molecule has 1 spiro atoms. The number of halogens is 2. The Kier molecular flexibility index (Phi) is 7.75. The van der Waals surface area contributed by atoms with Gasteiger partial charge in [-0.15, -0.1) is 24.0 Å². The molecule has 0 aliphatic carbocycles. The van der Waals surface area contributed by atoms with Gasteiger partial charge in [-0.2, -0.15) is 0 Å². The quantitative estimate of drug-likeness (QED) is 0.290. The van der Waals surface area contributed by atoms with Gasteiger partial charge in [0.25, 0.3) is 0 Å². The summed E-state index contributed by atoms with van der Waals surface area (Å²) >= 11 is 6.02. The lowest BCUT2D eigenvalue weighted by atomic mass is 9.79. The third kappa shape index (κ3) is 5.12. The molecule has 144 valence electrons. The molecule has 26 heavy (non-hydrogen) atoms. The summed E-state index contributed by atoms with van der Waals surface area (Å²) in [5.41, 5.74) is 0.0466. The van der Waals surface area contributed by atoms with Gasteiger partial charge in [0.05, 0.1) is 6.54 Å². The highest BCUT2D eigenvalue weighted by molar-refractivity contribution is 14.0. The minimum absolute atomic E-state index is 0. The second-order valence-corrected chi connectivity index (χ2v) is 7.00. The lowest BCUT2D eigenvalue weighted by Crippen LogP contribution is -2.51. The van der Waals surface area contributed by atoms with Gasteiger partial charge in [-0.3, -0.25) is 9.79 Å². The number of aromatic nitrogens is 1. The highest BCUT2D eigenvalue weighted by Gasteiger charge is 2.42. The molecule has 0 radical (unpaired) electrons. The molecule has 0 aromatic carbocycles. The van der Waals surface area contributed by atoms with Crippen LogP contribution in [0.2, 0.25) is 5.02 Å². The van der Waals surface area contributed by atoms with E-state index in [1.165, 1.54) is 0 Å². The van der Waals surface area contributed by atoms with Crippen molar-refractivity contribution >= 4 is 47.4 Å². The van der Waals surface area contributed by atoms with Crippen molar-refractivity contribution in [2.45, 2.75) is 19.3 Å². The number of carbonyl (C=O) groups excluding carboxylic acids is 1. The zero-order valence-electron chi connectivity index (χ0n) is 14.8. The van der Waals surface area contributed by atoms with Gasteiger partial charge in [-0.25, -0.2) is 4.98 Å². The maximum absolute atomic E-state index is 11.6. The molecular formula is C17H25ClIN5O2. The standard InChI is InChI=1S/C17H24ClN5O2.HI/c1-19-16(21-7-9-25-15-13(18)4-2-6-20-15)23-8-3-5-17(12-23)10-14(24)22-11-17;/h2,4,6H,3,5,7-12H2,1H3,(H,19,21)(H,22,24);1H. The second-order valence-electron chi connectivity index (χ2n) is 6.59. The third-order valence-corrected chi connectivity index (χ3v) is 5.01. The molecular weight excluding hydrogens is 469 g/mol. The van der Waals surface area contributed by atoms with Crippen LogP contribution in [0, 0.1) is 5.41 Å². The Balaban J connectivity index is 0.00000243. The van der Waals surface area contributed by atoms with Crippen LogP contribution in [-0.2, 0) is 4.79 Å². The summed E-state index contributed by atoms with van der Waals surface area (Å²) in [7, 11) is 1.78. The average Bonchev–Trinajstić information content (AvgIpc) is 2.96. The lowest BCUT2D eigenvalue weighted by Gasteiger charge is -2.40. The van der Waals surface area contributed by atoms with Crippen molar-refractivity contribution in [3.05, 3.63) is 23.4 Å². The van der Waals surface area contributed by atoms with Crippen LogP contribution >= 0.6 is 35.6 Å². The zero-order valence-corrected chi connectivity index (χ0v) is 17.9. The number of aliphatic imine (C=N–C) groups is 1. The summed E-state index contributed by atoms with van der Waals surface area (Å²) in [6.07, 6.45) is 4.41. The van der Waals surface area contributed by atoms with E-state index in [0.29, 0.717) is 30.5 Å². The molecule has 2 aliphatic heterocycles. The van der Waals surface area contributed by atoms with Crippen LogP contribution in [0.1, 0.15) is 19.3 Å². The third-order valence-electron chi connectivity index (χ3n) is 4.72. The first-order chi connectivity index (χ1) is 12.1. The van der Waals surface area contributed by atoms with Gasteiger partial charge in [0.15, 0.2) is 5.96 Å². The predicted molar refractivity (Wildman–Crippen MR) is 112 cm³/mol. The summed E-state index contributed by atoms with van der Waals surface area (Å²) in [5, 5.41) is 6.79. The van der Waals surface area contributed by atoms with Crippen molar-refractivity contribution in [1.82, 2.24) is 20.5 Å². The summed E-state index contributed by atoms with van der Waals surface area (Å²) in [6, 6.07) is 3.52. The molecule has 2 fully saturated rings. The molecule has 1 aromatic heterocycles. The second kappa shape index (κ2) is 9.59. The molecule has 0 bridgehead atoms. The molecule has 3 rings (SSSR count). The fourth-order valence-corrected chi connectivity index (χ4v) is 3.73. The molecule has 1 amide bonds. The SMILES string of the molecule is CN=C(NCCOc1ncccc1Cl)N1CCCC2(CNC(=O)C2)C1.I. The summed E-state index contributed by atoms with van der Waals surface area (Å²) < 4.78 is 5.59. The number of hydrogen-bond acceptors (Lipinski definition) is 4. The van der Waals surface area contributed by atoms with E-state index in [9.17, 15) is 4.79 Å². The Labute approximate surface area is 175 Å². The molecule has 1 aromatic rings. The number of likely N-dealkylation sites (tertiary alicyclic amines) is 1. The minimum atomic E-state index is 0. The number of rotatable bonds is 4. The molecule has 9 heteroatoms. The van der Waals surface area contributed by atoms with Crippen molar-refractivity contribution in [3.8, 4) is 5.88 Å². The van der Waals surface area contributed by atoms with Gasteiger partial charge >= 0.3 is 0 Å². The van der Waals surface area contributed by atoms with Crippen LogP contribution in [0.3, 0.4) is 0 Å². The fraction of sp³-hybridized carbons (Fsp3) is 0.588. The highest BCUT2D eigenvalue weighted by Crippen LogP contribution is 2.35. The van der Waals surface area contributed by atoms with E-state index < -0.39 is 0 Å². The van der Waals surface area contributed by atoms with E-state index in [1.807, 2.05) is 0 Å². The number of hydrogen-bond donors (Lipinski definition) is 2. The van der Waals surface area contributed by atoms with Crippen molar-refractivity contribution in [2.24, 2.45) is 10.4 Å². The first-order valence-electron chi connectivity index (χ1n) is 8.57. The number of guanidine groups is 1. The summed E-state index contributed by atoms with van der Waals surface area (Å²) in [5.74, 6) is 1.44. The van der Waals surface area contributed by atoms with E-state index in [4.69, 9.17) is 16.3 Å². The molecule has 1 atom stereocenters. The smallest absolute Gasteiger partial charge is 0.232 e. The summed E-state index contributed by atoms with van der Waals surface area (Å²) in [6.45, 7) is 3.59. The average molecular weight is 494 g/mol. The van der Waals surface area contributed by atoms with Gasteiger partial charge in [0, 0.05) is 44.7 Å². The molecule has 0 saturated carbocycles. The van der Waals surface area contributed by atoms with Gasteiger partial charge in [0.1, 0.15) is 11.6 Å². The molecule has 1 unspecified atom stereocenters. The van der Waals surface area contributed by atoms with Gasteiger partial charge < -0.3 is 20.3 Å². The van der Waals surface area contributed by atoms with Crippen molar-refractivity contribution in [2.75, 3.05) is 39.8 Å². The molecule has 2 aliphatic rings. The Hall–Kier alpha value is -1.29.